The van der Waals surface area contributed by atoms with Gasteiger partial charge in [0.25, 0.3) is 0 Å². The zero-order valence-corrected chi connectivity index (χ0v) is 16.7. The number of esters is 1. The minimum atomic E-state index is -0.554. The Morgan fingerprint density at radius 3 is 2.63 bits per heavy atom. The Kier molecular flexibility index (Phi) is 12.0. The predicted octanol–water partition coefficient (Wildman–Crippen LogP) is 3.30. The van der Waals surface area contributed by atoms with Gasteiger partial charge in [-0.05, 0) is 38.0 Å². The molecule has 1 saturated carbocycles. The molecule has 1 fully saturated rings. The molecule has 0 radical (unpaired) electrons. The van der Waals surface area contributed by atoms with Crippen molar-refractivity contribution in [2.45, 2.75) is 76.6 Å². The van der Waals surface area contributed by atoms with E-state index in [1.54, 1.807) is 0 Å². The molecule has 0 heterocycles. The molecular weight excluding hydrogens is 344 g/mol. The largest absolute Gasteiger partial charge is 0.469 e. The van der Waals surface area contributed by atoms with Crippen LogP contribution in [0.1, 0.15) is 58.3 Å². The molecular formula is C22H36O5. The zero-order valence-electron chi connectivity index (χ0n) is 16.7. The maximum absolute atomic E-state index is 11.1. The molecule has 0 aliphatic heterocycles. The first-order valence-corrected chi connectivity index (χ1v) is 10.1. The molecule has 5 nitrogen and oxygen atoms in total. The minimum Gasteiger partial charge on any atom is -0.469 e. The number of carbonyl (C=O) groups is 1. The molecule has 0 amide bonds. The number of hydrogen-bond acceptors (Lipinski definition) is 5. The second-order valence-corrected chi connectivity index (χ2v) is 7.24. The second kappa shape index (κ2) is 13.7. The molecule has 0 aromatic heterocycles. The van der Waals surface area contributed by atoms with E-state index in [0.29, 0.717) is 25.7 Å². The van der Waals surface area contributed by atoms with Crippen LogP contribution in [-0.4, -0.2) is 46.7 Å². The first-order valence-electron chi connectivity index (χ1n) is 10.1. The van der Waals surface area contributed by atoms with Crippen LogP contribution < -0.4 is 0 Å². The molecule has 154 valence electrons. The molecule has 0 spiro atoms. The summed E-state index contributed by atoms with van der Waals surface area (Å²) in [6.07, 6.45) is 15.6. The average Bonchev–Trinajstić information content (AvgIpc) is 2.91. The molecule has 3 N–H and O–H groups in total. The molecule has 5 heteroatoms. The first kappa shape index (κ1) is 23.6. The lowest BCUT2D eigenvalue weighted by Crippen LogP contribution is -2.20. The number of allylic oxidation sites excluding steroid dienone is 3. The van der Waals surface area contributed by atoms with Crippen LogP contribution in [0.4, 0.5) is 0 Å². The SMILES string of the molecule is CCC/C=C/C(O)C/C=C/[C@@H]1[C@@H](C/C=C\CCCC(=O)OC)[C@@H](O)C[C@H]1O. The van der Waals surface area contributed by atoms with Crippen molar-refractivity contribution in [1.29, 1.82) is 0 Å². The van der Waals surface area contributed by atoms with E-state index >= 15 is 0 Å². The molecule has 0 aromatic carbocycles. The van der Waals surface area contributed by atoms with Gasteiger partial charge in [0.2, 0.25) is 0 Å². The molecule has 1 aliphatic rings. The van der Waals surface area contributed by atoms with E-state index in [4.69, 9.17) is 0 Å². The number of rotatable bonds is 12. The highest BCUT2D eigenvalue weighted by atomic mass is 16.5. The van der Waals surface area contributed by atoms with Gasteiger partial charge in [0.15, 0.2) is 0 Å². The van der Waals surface area contributed by atoms with Crippen LogP contribution in [-0.2, 0) is 9.53 Å². The zero-order chi connectivity index (χ0) is 20.1. The Morgan fingerprint density at radius 2 is 1.93 bits per heavy atom. The van der Waals surface area contributed by atoms with Crippen molar-refractivity contribution >= 4 is 5.97 Å². The third-order valence-electron chi connectivity index (χ3n) is 5.02. The summed E-state index contributed by atoms with van der Waals surface area (Å²) < 4.78 is 4.61. The van der Waals surface area contributed by atoms with E-state index in [2.05, 4.69) is 11.7 Å². The lowest BCUT2D eigenvalue weighted by Gasteiger charge is -2.19. The van der Waals surface area contributed by atoms with Crippen molar-refractivity contribution in [3.8, 4) is 0 Å². The Bertz CT molecular complexity index is 497. The fourth-order valence-electron chi connectivity index (χ4n) is 3.42. The highest BCUT2D eigenvalue weighted by Gasteiger charge is 2.39. The summed E-state index contributed by atoms with van der Waals surface area (Å²) >= 11 is 0. The summed E-state index contributed by atoms with van der Waals surface area (Å²) in [7, 11) is 1.39. The summed E-state index contributed by atoms with van der Waals surface area (Å²) in [5.41, 5.74) is 0. The topological polar surface area (TPSA) is 87.0 Å². The van der Waals surface area contributed by atoms with Gasteiger partial charge < -0.3 is 20.1 Å². The number of carbonyl (C=O) groups excluding carboxylic acids is 1. The Balaban J connectivity index is 2.45. The van der Waals surface area contributed by atoms with Gasteiger partial charge in [-0.15, -0.1) is 0 Å². The van der Waals surface area contributed by atoms with Gasteiger partial charge in [0, 0.05) is 18.8 Å². The number of methoxy groups -OCH3 is 1. The smallest absolute Gasteiger partial charge is 0.305 e. The van der Waals surface area contributed by atoms with E-state index in [9.17, 15) is 20.1 Å². The van der Waals surface area contributed by atoms with Crippen LogP contribution in [0.25, 0.3) is 0 Å². The Morgan fingerprint density at radius 1 is 1.15 bits per heavy atom. The van der Waals surface area contributed by atoms with Crippen LogP contribution in [0, 0.1) is 11.8 Å². The number of hydrogen-bond donors (Lipinski definition) is 3. The maximum atomic E-state index is 11.1. The number of aliphatic hydroxyl groups is 3. The van der Waals surface area contributed by atoms with Gasteiger partial charge >= 0.3 is 5.97 Å². The molecule has 1 aliphatic carbocycles. The summed E-state index contributed by atoms with van der Waals surface area (Å²) in [4.78, 5) is 11.1. The Hall–Kier alpha value is -1.43. The summed E-state index contributed by atoms with van der Waals surface area (Å²) in [5.74, 6) is -0.331. The highest BCUT2D eigenvalue weighted by Crippen LogP contribution is 2.36. The number of unbranched alkanes of at least 4 members (excludes halogenated alkanes) is 2. The van der Waals surface area contributed by atoms with Crippen LogP contribution in [0.2, 0.25) is 0 Å². The van der Waals surface area contributed by atoms with Gasteiger partial charge in [-0.1, -0.05) is 49.8 Å². The normalized spacial score (nSPS) is 27.1. The fraction of sp³-hybridized carbons (Fsp3) is 0.682. The van der Waals surface area contributed by atoms with Gasteiger partial charge in [-0.3, -0.25) is 4.79 Å². The van der Waals surface area contributed by atoms with Crippen molar-refractivity contribution in [1.82, 2.24) is 0 Å². The second-order valence-electron chi connectivity index (χ2n) is 7.24. The van der Waals surface area contributed by atoms with Crippen molar-refractivity contribution < 1.29 is 24.9 Å². The van der Waals surface area contributed by atoms with Crippen molar-refractivity contribution in [3.63, 3.8) is 0 Å². The molecule has 1 unspecified atom stereocenters. The van der Waals surface area contributed by atoms with Gasteiger partial charge in [0.05, 0.1) is 25.4 Å². The van der Waals surface area contributed by atoms with Gasteiger partial charge in [-0.25, -0.2) is 0 Å². The Labute approximate surface area is 163 Å². The van der Waals surface area contributed by atoms with E-state index < -0.39 is 18.3 Å². The lowest BCUT2D eigenvalue weighted by molar-refractivity contribution is -0.140. The first-order chi connectivity index (χ1) is 13.0. The molecule has 0 saturated heterocycles. The van der Waals surface area contributed by atoms with Gasteiger partial charge in [0.1, 0.15) is 0 Å². The van der Waals surface area contributed by atoms with E-state index in [1.165, 1.54) is 7.11 Å². The summed E-state index contributed by atoms with van der Waals surface area (Å²) in [5, 5.41) is 30.4. The van der Waals surface area contributed by atoms with E-state index in [0.717, 1.165) is 25.7 Å². The van der Waals surface area contributed by atoms with Crippen molar-refractivity contribution in [2.24, 2.45) is 11.8 Å². The summed E-state index contributed by atoms with van der Waals surface area (Å²) in [6.45, 7) is 2.09. The number of ether oxygens (including phenoxy) is 1. The quantitative estimate of drug-likeness (QED) is 0.275. The molecule has 0 bridgehead atoms. The standard InChI is InChI=1S/C22H36O5/c1-3-4-7-11-17(23)12-10-14-19-18(20(24)16-21(19)25)13-8-5-6-9-15-22(26)27-2/h5,7-8,10-11,14,17-21,23-25H,3-4,6,9,12-13,15-16H2,1-2H3/b8-5-,11-7+,14-10+/t17?,18-,19-,20+,21-/m1/s1. The van der Waals surface area contributed by atoms with Crippen molar-refractivity contribution in [2.75, 3.05) is 7.11 Å². The molecule has 27 heavy (non-hydrogen) atoms. The third kappa shape index (κ3) is 9.36. The monoisotopic (exact) mass is 380 g/mol. The van der Waals surface area contributed by atoms with Crippen LogP contribution in [0.3, 0.4) is 0 Å². The minimum absolute atomic E-state index is 0.0270. The predicted molar refractivity (Wildman–Crippen MR) is 107 cm³/mol. The van der Waals surface area contributed by atoms with Gasteiger partial charge in [-0.2, -0.15) is 0 Å². The van der Waals surface area contributed by atoms with Crippen LogP contribution >= 0.6 is 0 Å². The third-order valence-corrected chi connectivity index (χ3v) is 5.02. The molecule has 1 rings (SSSR count). The van der Waals surface area contributed by atoms with E-state index in [1.807, 2.05) is 36.5 Å². The highest BCUT2D eigenvalue weighted by molar-refractivity contribution is 5.69. The van der Waals surface area contributed by atoms with Crippen LogP contribution in [0.5, 0.6) is 0 Å². The molecule has 0 aromatic rings. The lowest BCUT2D eigenvalue weighted by atomic mass is 9.89. The van der Waals surface area contributed by atoms with Crippen LogP contribution in [0.15, 0.2) is 36.5 Å². The maximum Gasteiger partial charge on any atom is 0.305 e. The van der Waals surface area contributed by atoms with Crippen molar-refractivity contribution in [3.05, 3.63) is 36.5 Å². The van der Waals surface area contributed by atoms with E-state index in [-0.39, 0.29) is 17.8 Å². The number of aliphatic hydroxyl groups excluding tert-OH is 3. The average molecular weight is 381 g/mol. The fourth-order valence-corrected chi connectivity index (χ4v) is 3.42. The molecule has 5 atom stereocenters. The summed E-state index contributed by atoms with van der Waals surface area (Å²) in [6, 6.07) is 0.